The van der Waals surface area contributed by atoms with Crippen LogP contribution in [-0.4, -0.2) is 19.6 Å². The molecule has 0 fully saturated rings. The highest BCUT2D eigenvalue weighted by Gasteiger charge is 2.07. The number of benzene rings is 3. The van der Waals surface area contributed by atoms with Gasteiger partial charge in [-0.25, -0.2) is 0 Å². The van der Waals surface area contributed by atoms with E-state index in [4.69, 9.17) is 14.2 Å². The number of carbonyl (C=O) groups is 1. The third kappa shape index (κ3) is 5.62. The molecule has 5 heteroatoms. The third-order valence-electron chi connectivity index (χ3n) is 4.03. The van der Waals surface area contributed by atoms with Gasteiger partial charge in [0.25, 0.3) is 0 Å². The molecule has 0 unspecified atom stereocenters. The standard InChI is InChI=1S/C24H23NO4/c1-3-28-22-15-13-18(17-23(22)27-2)14-16-24(26)25-20-11-7-8-12-21(20)29-19-9-5-4-6-10-19/h4-17H,3H2,1-2H3,(H,25,26)/b16-14+. The quantitative estimate of drug-likeness (QED) is 0.514. The minimum Gasteiger partial charge on any atom is -0.493 e. The Morgan fingerprint density at radius 2 is 1.69 bits per heavy atom. The van der Waals surface area contributed by atoms with Crippen molar-refractivity contribution in [3.8, 4) is 23.0 Å². The van der Waals surface area contributed by atoms with Crippen LogP contribution in [0, 0.1) is 0 Å². The van der Waals surface area contributed by atoms with Gasteiger partial charge in [-0.15, -0.1) is 0 Å². The van der Waals surface area contributed by atoms with Crippen molar-refractivity contribution >= 4 is 17.7 Å². The number of methoxy groups -OCH3 is 1. The summed E-state index contributed by atoms with van der Waals surface area (Å²) >= 11 is 0. The average Bonchev–Trinajstić information content (AvgIpc) is 2.75. The zero-order valence-corrected chi connectivity index (χ0v) is 16.4. The fraction of sp³-hybridized carbons (Fsp3) is 0.125. The van der Waals surface area contributed by atoms with Gasteiger partial charge < -0.3 is 19.5 Å². The lowest BCUT2D eigenvalue weighted by molar-refractivity contribution is -0.111. The lowest BCUT2D eigenvalue weighted by Gasteiger charge is -2.11. The number of anilines is 1. The van der Waals surface area contributed by atoms with Gasteiger partial charge in [0.15, 0.2) is 17.2 Å². The number of amides is 1. The summed E-state index contributed by atoms with van der Waals surface area (Å²) in [6.45, 7) is 2.47. The van der Waals surface area contributed by atoms with Crippen molar-refractivity contribution in [2.45, 2.75) is 6.92 Å². The van der Waals surface area contributed by atoms with Gasteiger partial charge in [-0.05, 0) is 55.0 Å². The van der Waals surface area contributed by atoms with Crippen LogP contribution in [0.5, 0.6) is 23.0 Å². The van der Waals surface area contributed by atoms with E-state index in [0.717, 1.165) is 5.56 Å². The number of hydrogen-bond donors (Lipinski definition) is 1. The molecule has 3 rings (SSSR count). The van der Waals surface area contributed by atoms with Gasteiger partial charge >= 0.3 is 0 Å². The molecule has 0 atom stereocenters. The molecule has 1 N–H and O–H groups in total. The van der Waals surface area contributed by atoms with E-state index in [1.54, 1.807) is 19.3 Å². The van der Waals surface area contributed by atoms with Gasteiger partial charge in [-0.3, -0.25) is 4.79 Å². The molecule has 148 valence electrons. The lowest BCUT2D eigenvalue weighted by Crippen LogP contribution is -2.08. The molecule has 0 heterocycles. The molecule has 5 nitrogen and oxygen atoms in total. The van der Waals surface area contributed by atoms with E-state index in [9.17, 15) is 4.79 Å². The summed E-state index contributed by atoms with van der Waals surface area (Å²) in [6, 6.07) is 22.2. The predicted molar refractivity (Wildman–Crippen MR) is 115 cm³/mol. The lowest BCUT2D eigenvalue weighted by atomic mass is 10.2. The van der Waals surface area contributed by atoms with E-state index < -0.39 is 0 Å². The summed E-state index contributed by atoms with van der Waals surface area (Å²) in [4.78, 5) is 12.4. The van der Waals surface area contributed by atoms with Crippen molar-refractivity contribution in [1.82, 2.24) is 0 Å². The first-order chi connectivity index (χ1) is 14.2. The van der Waals surface area contributed by atoms with Crippen molar-refractivity contribution < 1.29 is 19.0 Å². The van der Waals surface area contributed by atoms with Crippen LogP contribution in [-0.2, 0) is 4.79 Å². The van der Waals surface area contributed by atoms with Gasteiger partial charge in [-0.2, -0.15) is 0 Å². The fourth-order valence-electron chi connectivity index (χ4n) is 2.68. The molecule has 1 amide bonds. The van der Waals surface area contributed by atoms with Gasteiger partial charge in [0.1, 0.15) is 5.75 Å². The molecule has 3 aromatic rings. The Hall–Kier alpha value is -3.73. The summed E-state index contributed by atoms with van der Waals surface area (Å²) in [5.41, 5.74) is 1.42. The molecule has 0 spiro atoms. The van der Waals surface area contributed by atoms with Crippen molar-refractivity contribution in [1.29, 1.82) is 0 Å². The van der Waals surface area contributed by atoms with E-state index in [0.29, 0.717) is 35.3 Å². The second-order valence-corrected chi connectivity index (χ2v) is 6.08. The number of rotatable bonds is 8. The molecule has 0 saturated heterocycles. The first-order valence-corrected chi connectivity index (χ1v) is 9.31. The van der Waals surface area contributed by atoms with Gasteiger partial charge in [-0.1, -0.05) is 36.4 Å². The summed E-state index contributed by atoms with van der Waals surface area (Å²) in [6.07, 6.45) is 3.18. The monoisotopic (exact) mass is 389 g/mol. The van der Waals surface area contributed by atoms with Crippen LogP contribution in [0.25, 0.3) is 6.08 Å². The Labute approximate surface area is 170 Å². The van der Waals surface area contributed by atoms with E-state index >= 15 is 0 Å². The fourth-order valence-corrected chi connectivity index (χ4v) is 2.68. The Morgan fingerprint density at radius 3 is 2.45 bits per heavy atom. The second kappa shape index (κ2) is 9.99. The Bertz CT molecular complexity index is 983. The molecular weight excluding hydrogens is 366 g/mol. The molecule has 0 aliphatic rings. The van der Waals surface area contributed by atoms with Gasteiger partial charge in [0.2, 0.25) is 5.91 Å². The van der Waals surface area contributed by atoms with Crippen LogP contribution in [0.4, 0.5) is 5.69 Å². The third-order valence-corrected chi connectivity index (χ3v) is 4.03. The number of nitrogens with one attached hydrogen (secondary N) is 1. The SMILES string of the molecule is CCOc1ccc(/C=C/C(=O)Nc2ccccc2Oc2ccccc2)cc1OC. The molecule has 3 aromatic carbocycles. The maximum atomic E-state index is 12.4. The maximum Gasteiger partial charge on any atom is 0.248 e. The van der Waals surface area contributed by atoms with Crippen LogP contribution in [0.15, 0.2) is 78.9 Å². The minimum atomic E-state index is -0.262. The number of para-hydroxylation sites is 3. The zero-order chi connectivity index (χ0) is 20.5. The second-order valence-electron chi connectivity index (χ2n) is 6.08. The topological polar surface area (TPSA) is 56.8 Å². The van der Waals surface area contributed by atoms with Crippen molar-refractivity contribution in [3.05, 3.63) is 84.4 Å². The summed E-state index contributed by atoms with van der Waals surface area (Å²) in [7, 11) is 1.59. The first-order valence-electron chi connectivity index (χ1n) is 9.31. The normalized spacial score (nSPS) is 10.6. The predicted octanol–water partition coefficient (Wildman–Crippen LogP) is 5.54. The highest BCUT2D eigenvalue weighted by Crippen LogP contribution is 2.30. The van der Waals surface area contributed by atoms with Crippen LogP contribution >= 0.6 is 0 Å². The number of carbonyl (C=O) groups excluding carboxylic acids is 1. The minimum absolute atomic E-state index is 0.262. The highest BCUT2D eigenvalue weighted by atomic mass is 16.5. The van der Waals surface area contributed by atoms with Crippen LogP contribution in [0.3, 0.4) is 0 Å². The van der Waals surface area contributed by atoms with E-state index in [-0.39, 0.29) is 5.91 Å². The molecule has 0 bridgehead atoms. The van der Waals surface area contributed by atoms with Crippen LogP contribution in [0.2, 0.25) is 0 Å². The Balaban J connectivity index is 1.70. The smallest absolute Gasteiger partial charge is 0.248 e. The molecule has 0 radical (unpaired) electrons. The van der Waals surface area contributed by atoms with Crippen molar-refractivity contribution in [2.24, 2.45) is 0 Å². The van der Waals surface area contributed by atoms with E-state index in [1.807, 2.05) is 73.7 Å². The van der Waals surface area contributed by atoms with Crippen molar-refractivity contribution in [3.63, 3.8) is 0 Å². The van der Waals surface area contributed by atoms with Crippen LogP contribution < -0.4 is 19.5 Å². The number of hydrogen-bond acceptors (Lipinski definition) is 4. The molecule has 0 aliphatic carbocycles. The van der Waals surface area contributed by atoms with Gasteiger partial charge in [0, 0.05) is 6.08 Å². The van der Waals surface area contributed by atoms with Crippen LogP contribution in [0.1, 0.15) is 12.5 Å². The maximum absolute atomic E-state index is 12.4. The van der Waals surface area contributed by atoms with E-state index in [1.165, 1.54) is 6.08 Å². The zero-order valence-electron chi connectivity index (χ0n) is 16.4. The molecular formula is C24H23NO4. The van der Waals surface area contributed by atoms with Crippen molar-refractivity contribution in [2.75, 3.05) is 19.0 Å². The Kier molecular flexibility index (Phi) is 6.90. The largest absolute Gasteiger partial charge is 0.493 e. The van der Waals surface area contributed by atoms with Gasteiger partial charge in [0.05, 0.1) is 19.4 Å². The summed E-state index contributed by atoms with van der Waals surface area (Å²) in [5.74, 6) is 2.30. The van der Waals surface area contributed by atoms with E-state index in [2.05, 4.69) is 5.32 Å². The molecule has 29 heavy (non-hydrogen) atoms. The summed E-state index contributed by atoms with van der Waals surface area (Å²) < 4.78 is 16.7. The number of ether oxygens (including phenoxy) is 3. The average molecular weight is 389 g/mol. The molecule has 0 aromatic heterocycles. The molecule has 0 aliphatic heterocycles. The summed E-state index contributed by atoms with van der Waals surface area (Å²) in [5, 5.41) is 2.85. The molecule has 0 saturated carbocycles. The Morgan fingerprint density at radius 1 is 0.931 bits per heavy atom. The highest BCUT2D eigenvalue weighted by molar-refractivity contribution is 6.02. The first kappa shape index (κ1) is 20.0.